The topological polar surface area (TPSA) is 81.6 Å². The fraction of sp³-hybridized carbons (Fsp3) is 0.200. The Bertz CT molecular complexity index is 421. The fourth-order valence-corrected chi connectivity index (χ4v) is 1.35. The van der Waals surface area contributed by atoms with E-state index in [-0.39, 0.29) is 11.3 Å². The average molecular weight is 240 g/mol. The number of phenolic OH excluding ortho intramolecular Hbond substituents is 1. The van der Waals surface area contributed by atoms with Crippen LogP contribution in [0.15, 0.2) is 18.2 Å². The summed E-state index contributed by atoms with van der Waals surface area (Å²) in [5, 5.41) is 24.2. The number of carboxylic acid groups (broad SMARTS) is 1. The van der Waals surface area contributed by atoms with Crippen LogP contribution in [0.1, 0.15) is 17.3 Å². The third-order valence-corrected chi connectivity index (χ3v) is 2.08. The van der Waals surface area contributed by atoms with Crippen molar-refractivity contribution in [3.8, 4) is 5.75 Å². The molecule has 0 atom stereocenters. The van der Waals surface area contributed by atoms with Gasteiger partial charge in [-0.25, -0.2) is 4.79 Å². The van der Waals surface area contributed by atoms with E-state index in [1.54, 1.807) is 0 Å². The van der Waals surface area contributed by atoms with E-state index in [4.69, 9.17) is 17.3 Å². The standard InChI is InChI=1S/C10H12N2O3S/c1-2-11-10(16)12-7-4-3-6(9(14)15)5-8(7)13/h3-5,13H,2H2,1H3,(H,14,15)(H2,11,12,16). The lowest BCUT2D eigenvalue weighted by Gasteiger charge is -2.10. The summed E-state index contributed by atoms with van der Waals surface area (Å²) in [5.74, 6) is -1.24. The van der Waals surface area contributed by atoms with Crippen molar-refractivity contribution in [3.63, 3.8) is 0 Å². The second kappa shape index (κ2) is 5.32. The van der Waals surface area contributed by atoms with E-state index in [2.05, 4.69) is 10.6 Å². The lowest BCUT2D eigenvalue weighted by molar-refractivity contribution is 0.0696. The number of carboxylic acids is 1. The van der Waals surface area contributed by atoms with E-state index in [1.807, 2.05) is 6.92 Å². The van der Waals surface area contributed by atoms with Gasteiger partial charge in [-0.1, -0.05) is 0 Å². The molecule has 0 amide bonds. The maximum atomic E-state index is 10.6. The van der Waals surface area contributed by atoms with Crippen molar-refractivity contribution in [3.05, 3.63) is 23.8 Å². The molecule has 0 radical (unpaired) electrons. The van der Waals surface area contributed by atoms with Crippen LogP contribution in [-0.4, -0.2) is 27.8 Å². The Labute approximate surface area is 98.1 Å². The highest BCUT2D eigenvalue weighted by molar-refractivity contribution is 7.80. The van der Waals surface area contributed by atoms with Crippen molar-refractivity contribution in [1.29, 1.82) is 0 Å². The quantitative estimate of drug-likeness (QED) is 0.472. The van der Waals surface area contributed by atoms with Gasteiger partial charge in [0, 0.05) is 6.54 Å². The van der Waals surface area contributed by atoms with E-state index in [9.17, 15) is 9.90 Å². The summed E-state index contributed by atoms with van der Waals surface area (Å²) in [6, 6.07) is 4.01. The maximum absolute atomic E-state index is 10.6. The number of benzene rings is 1. The van der Waals surface area contributed by atoms with Crippen molar-refractivity contribution in [2.24, 2.45) is 0 Å². The zero-order valence-corrected chi connectivity index (χ0v) is 9.47. The molecule has 16 heavy (non-hydrogen) atoms. The van der Waals surface area contributed by atoms with Crippen LogP contribution in [0.5, 0.6) is 5.75 Å². The smallest absolute Gasteiger partial charge is 0.335 e. The minimum Gasteiger partial charge on any atom is -0.506 e. The summed E-state index contributed by atoms with van der Waals surface area (Å²) >= 11 is 4.93. The molecule has 1 aromatic rings. The van der Waals surface area contributed by atoms with Gasteiger partial charge in [0.25, 0.3) is 0 Å². The Morgan fingerprint density at radius 1 is 1.50 bits per heavy atom. The van der Waals surface area contributed by atoms with Gasteiger partial charge in [0.2, 0.25) is 0 Å². The number of carbonyl (C=O) groups is 1. The molecule has 0 aromatic heterocycles. The number of hydrogen-bond donors (Lipinski definition) is 4. The molecule has 86 valence electrons. The van der Waals surface area contributed by atoms with Crippen molar-refractivity contribution >= 4 is 29.0 Å². The predicted octanol–water partition coefficient (Wildman–Crippen LogP) is 1.40. The molecule has 4 N–H and O–H groups in total. The molecule has 5 nitrogen and oxygen atoms in total. The number of thiocarbonyl (C=S) groups is 1. The van der Waals surface area contributed by atoms with Crippen molar-refractivity contribution in [2.75, 3.05) is 11.9 Å². The lowest BCUT2D eigenvalue weighted by Crippen LogP contribution is -2.27. The molecule has 0 unspecified atom stereocenters. The number of nitrogens with one attached hydrogen (secondary N) is 2. The Kier molecular flexibility index (Phi) is 4.07. The van der Waals surface area contributed by atoms with E-state index < -0.39 is 5.97 Å². The number of aromatic carboxylic acids is 1. The summed E-state index contributed by atoms with van der Waals surface area (Å²) in [7, 11) is 0. The lowest BCUT2D eigenvalue weighted by atomic mass is 10.2. The second-order valence-corrected chi connectivity index (χ2v) is 3.43. The molecule has 0 bridgehead atoms. The van der Waals surface area contributed by atoms with Gasteiger partial charge in [-0.15, -0.1) is 0 Å². The molecular weight excluding hydrogens is 228 g/mol. The van der Waals surface area contributed by atoms with Gasteiger partial charge < -0.3 is 20.8 Å². The fourth-order valence-electron chi connectivity index (χ4n) is 1.10. The van der Waals surface area contributed by atoms with Crippen LogP contribution in [0, 0.1) is 0 Å². The number of aromatic hydroxyl groups is 1. The molecule has 0 aliphatic carbocycles. The molecule has 0 saturated carbocycles. The highest BCUT2D eigenvalue weighted by Crippen LogP contribution is 2.24. The van der Waals surface area contributed by atoms with Gasteiger partial charge in [-0.05, 0) is 37.3 Å². The van der Waals surface area contributed by atoms with Gasteiger partial charge >= 0.3 is 5.97 Å². The van der Waals surface area contributed by atoms with E-state index in [0.717, 1.165) is 0 Å². The average Bonchev–Trinajstić information content (AvgIpc) is 2.21. The van der Waals surface area contributed by atoms with Crippen molar-refractivity contribution in [2.45, 2.75) is 6.92 Å². The van der Waals surface area contributed by atoms with Crippen LogP contribution >= 0.6 is 12.2 Å². The Hall–Kier alpha value is -1.82. The first-order valence-electron chi connectivity index (χ1n) is 4.65. The molecule has 0 heterocycles. The summed E-state index contributed by atoms with van der Waals surface area (Å²) < 4.78 is 0. The third kappa shape index (κ3) is 3.09. The van der Waals surface area contributed by atoms with Crippen molar-refractivity contribution < 1.29 is 15.0 Å². The van der Waals surface area contributed by atoms with Crippen LogP contribution in [0.3, 0.4) is 0 Å². The minimum absolute atomic E-state index is 0.0254. The monoisotopic (exact) mass is 240 g/mol. The highest BCUT2D eigenvalue weighted by atomic mass is 32.1. The maximum Gasteiger partial charge on any atom is 0.335 e. The molecule has 1 rings (SSSR count). The van der Waals surface area contributed by atoms with Crippen LogP contribution in [0.4, 0.5) is 5.69 Å². The SMILES string of the molecule is CCNC(=S)Nc1ccc(C(=O)O)cc1O. The van der Waals surface area contributed by atoms with E-state index >= 15 is 0 Å². The summed E-state index contributed by atoms with van der Waals surface area (Å²) in [5.41, 5.74) is 0.397. The molecule has 0 aliphatic heterocycles. The number of anilines is 1. The Balaban J connectivity index is 2.83. The van der Waals surface area contributed by atoms with Crippen LogP contribution in [0.2, 0.25) is 0 Å². The first-order chi connectivity index (χ1) is 7.54. The van der Waals surface area contributed by atoms with Crippen LogP contribution in [0.25, 0.3) is 0 Å². The summed E-state index contributed by atoms with van der Waals surface area (Å²) in [6.07, 6.45) is 0. The normalized spacial score (nSPS) is 9.56. The highest BCUT2D eigenvalue weighted by Gasteiger charge is 2.08. The number of phenols is 1. The third-order valence-electron chi connectivity index (χ3n) is 1.83. The number of rotatable bonds is 3. The molecule has 0 fully saturated rings. The van der Waals surface area contributed by atoms with Crippen molar-refractivity contribution in [1.82, 2.24) is 5.32 Å². The molecule has 6 heteroatoms. The van der Waals surface area contributed by atoms with Crippen LogP contribution in [-0.2, 0) is 0 Å². The zero-order valence-electron chi connectivity index (χ0n) is 8.65. The molecule has 0 saturated heterocycles. The molecular formula is C10H12N2O3S. The van der Waals surface area contributed by atoms with Gasteiger partial charge in [0.05, 0.1) is 11.3 Å². The first-order valence-corrected chi connectivity index (χ1v) is 5.06. The van der Waals surface area contributed by atoms with Gasteiger partial charge in [0.1, 0.15) is 5.75 Å². The van der Waals surface area contributed by atoms with E-state index in [1.165, 1.54) is 18.2 Å². The molecule has 1 aromatic carbocycles. The first kappa shape index (κ1) is 12.3. The Morgan fingerprint density at radius 3 is 2.69 bits per heavy atom. The van der Waals surface area contributed by atoms with Gasteiger partial charge in [-0.3, -0.25) is 0 Å². The van der Waals surface area contributed by atoms with E-state index in [0.29, 0.717) is 17.3 Å². The zero-order chi connectivity index (χ0) is 12.1. The summed E-state index contributed by atoms with van der Waals surface area (Å²) in [6.45, 7) is 2.56. The minimum atomic E-state index is -1.09. The molecule has 0 spiro atoms. The largest absolute Gasteiger partial charge is 0.506 e. The van der Waals surface area contributed by atoms with Crippen LogP contribution < -0.4 is 10.6 Å². The second-order valence-electron chi connectivity index (χ2n) is 3.02. The number of hydrogen-bond acceptors (Lipinski definition) is 3. The summed E-state index contributed by atoms with van der Waals surface area (Å²) in [4.78, 5) is 10.6. The van der Waals surface area contributed by atoms with Gasteiger partial charge in [-0.2, -0.15) is 0 Å². The Morgan fingerprint density at radius 2 is 2.19 bits per heavy atom. The van der Waals surface area contributed by atoms with Gasteiger partial charge in [0.15, 0.2) is 5.11 Å². The predicted molar refractivity (Wildman–Crippen MR) is 65.0 cm³/mol. The molecule has 0 aliphatic rings.